The molecular formula is C9H12N6OS3. The monoisotopic (exact) mass is 316 g/mol. The number of methoxy groups -OCH3 is 1. The predicted octanol–water partition coefficient (Wildman–Crippen LogP) is 2.04. The van der Waals surface area contributed by atoms with Crippen LogP contribution in [0.1, 0.15) is 6.92 Å². The van der Waals surface area contributed by atoms with Gasteiger partial charge in [0, 0.05) is 6.54 Å². The van der Waals surface area contributed by atoms with Gasteiger partial charge in [-0.3, -0.25) is 0 Å². The van der Waals surface area contributed by atoms with Gasteiger partial charge < -0.3 is 10.1 Å². The van der Waals surface area contributed by atoms with Crippen LogP contribution in [0.15, 0.2) is 13.8 Å². The Balaban J connectivity index is 2.20. The number of anilines is 1. The molecule has 0 aliphatic carbocycles. The van der Waals surface area contributed by atoms with Gasteiger partial charge in [-0.05, 0) is 24.9 Å². The minimum absolute atomic E-state index is 0.281. The molecule has 0 spiro atoms. The van der Waals surface area contributed by atoms with E-state index in [-0.39, 0.29) is 6.01 Å². The maximum absolute atomic E-state index is 5.05. The molecular weight excluding hydrogens is 304 g/mol. The van der Waals surface area contributed by atoms with Crippen LogP contribution in [-0.2, 0) is 0 Å². The van der Waals surface area contributed by atoms with Crippen LogP contribution in [0.3, 0.4) is 0 Å². The largest absolute Gasteiger partial charge is 0.467 e. The van der Waals surface area contributed by atoms with E-state index < -0.39 is 0 Å². The molecule has 102 valence electrons. The molecule has 0 fully saturated rings. The van der Waals surface area contributed by atoms with Gasteiger partial charge in [0.1, 0.15) is 0 Å². The quantitative estimate of drug-likeness (QED) is 0.804. The van der Waals surface area contributed by atoms with Crippen molar-refractivity contribution >= 4 is 40.8 Å². The van der Waals surface area contributed by atoms with E-state index in [1.54, 1.807) is 11.8 Å². The maximum Gasteiger partial charge on any atom is 0.321 e. The summed E-state index contributed by atoms with van der Waals surface area (Å²) in [6.45, 7) is 2.70. The van der Waals surface area contributed by atoms with Gasteiger partial charge in [0.2, 0.25) is 11.1 Å². The van der Waals surface area contributed by atoms with Crippen LogP contribution in [0.2, 0.25) is 0 Å². The first-order valence-corrected chi connectivity index (χ1v) is 8.20. The van der Waals surface area contributed by atoms with Crippen LogP contribution in [0.25, 0.3) is 0 Å². The summed E-state index contributed by atoms with van der Waals surface area (Å²) in [5.74, 6) is 0.492. The average Bonchev–Trinajstić information content (AvgIpc) is 2.86. The molecule has 2 aromatic rings. The number of hydrogen-bond donors (Lipinski definition) is 1. The summed E-state index contributed by atoms with van der Waals surface area (Å²) in [6, 6.07) is 0.281. The zero-order valence-electron chi connectivity index (χ0n) is 10.6. The number of ether oxygens (including phenoxy) is 1. The molecule has 0 saturated heterocycles. The number of aromatic nitrogens is 5. The van der Waals surface area contributed by atoms with Crippen molar-refractivity contribution in [2.45, 2.75) is 20.8 Å². The summed E-state index contributed by atoms with van der Waals surface area (Å²) in [5, 5.41) is 11.7. The highest BCUT2D eigenvalue weighted by molar-refractivity contribution is 8.02. The fourth-order valence-electron chi connectivity index (χ4n) is 1.11. The number of nitrogens with zero attached hydrogens (tertiary/aromatic N) is 5. The van der Waals surface area contributed by atoms with Gasteiger partial charge in [0.15, 0.2) is 8.68 Å². The second-order valence-electron chi connectivity index (χ2n) is 3.10. The van der Waals surface area contributed by atoms with Gasteiger partial charge in [0.25, 0.3) is 0 Å². The molecule has 0 aliphatic rings. The van der Waals surface area contributed by atoms with Gasteiger partial charge in [-0.25, -0.2) is 0 Å². The Morgan fingerprint density at radius 1 is 1.21 bits per heavy atom. The van der Waals surface area contributed by atoms with Crippen molar-refractivity contribution < 1.29 is 4.74 Å². The molecule has 0 atom stereocenters. The van der Waals surface area contributed by atoms with E-state index in [0.717, 1.165) is 15.2 Å². The van der Waals surface area contributed by atoms with E-state index in [0.29, 0.717) is 11.1 Å². The summed E-state index contributed by atoms with van der Waals surface area (Å²) in [4.78, 5) is 12.6. The van der Waals surface area contributed by atoms with E-state index in [1.807, 2.05) is 13.2 Å². The van der Waals surface area contributed by atoms with Crippen molar-refractivity contribution in [3.05, 3.63) is 0 Å². The Morgan fingerprint density at radius 2 is 2.00 bits per heavy atom. The predicted molar refractivity (Wildman–Crippen MR) is 76.4 cm³/mol. The topological polar surface area (TPSA) is 85.7 Å². The van der Waals surface area contributed by atoms with Crippen molar-refractivity contribution in [2.24, 2.45) is 0 Å². The molecule has 0 radical (unpaired) electrons. The highest BCUT2D eigenvalue weighted by Crippen LogP contribution is 2.31. The first-order chi connectivity index (χ1) is 9.25. The minimum Gasteiger partial charge on any atom is -0.467 e. The van der Waals surface area contributed by atoms with Crippen molar-refractivity contribution in [1.82, 2.24) is 25.1 Å². The zero-order chi connectivity index (χ0) is 13.7. The SMILES string of the molecule is CCNc1nc(OC)nc(Sc2nnc(SC)s2)n1. The number of nitrogens with one attached hydrogen (secondary N) is 1. The molecule has 0 aromatic carbocycles. The van der Waals surface area contributed by atoms with Gasteiger partial charge in [-0.2, -0.15) is 15.0 Å². The van der Waals surface area contributed by atoms with Crippen LogP contribution in [0, 0.1) is 0 Å². The third kappa shape index (κ3) is 3.91. The summed E-state index contributed by atoms with van der Waals surface area (Å²) in [6.07, 6.45) is 1.96. The third-order valence-electron chi connectivity index (χ3n) is 1.85. The molecule has 10 heteroatoms. The van der Waals surface area contributed by atoms with E-state index in [2.05, 4.69) is 30.5 Å². The van der Waals surface area contributed by atoms with Gasteiger partial charge >= 0.3 is 6.01 Å². The van der Waals surface area contributed by atoms with Crippen molar-refractivity contribution in [3.8, 4) is 6.01 Å². The smallest absolute Gasteiger partial charge is 0.321 e. The first-order valence-electron chi connectivity index (χ1n) is 5.34. The molecule has 0 unspecified atom stereocenters. The standard InChI is InChI=1S/C9H12N6OS3/c1-4-10-5-11-6(16-2)13-7(12-5)18-9-15-14-8(17-3)19-9/h4H2,1-3H3,(H,10,11,12,13). The van der Waals surface area contributed by atoms with E-state index in [9.17, 15) is 0 Å². The van der Waals surface area contributed by atoms with Gasteiger partial charge in [-0.15, -0.1) is 10.2 Å². The molecule has 0 saturated carbocycles. The first kappa shape index (κ1) is 14.3. The van der Waals surface area contributed by atoms with Crippen LogP contribution in [0.4, 0.5) is 5.95 Å². The molecule has 0 bridgehead atoms. The summed E-state index contributed by atoms with van der Waals surface area (Å²) >= 11 is 4.41. The minimum atomic E-state index is 0.281. The average molecular weight is 316 g/mol. The Kier molecular flexibility index (Phi) is 5.16. The van der Waals surface area contributed by atoms with Gasteiger partial charge in [0.05, 0.1) is 7.11 Å². The molecule has 2 heterocycles. The Bertz CT molecular complexity index is 549. The fraction of sp³-hybridized carbons (Fsp3) is 0.444. The number of rotatable bonds is 6. The molecule has 19 heavy (non-hydrogen) atoms. The summed E-state index contributed by atoms with van der Waals surface area (Å²) in [7, 11) is 1.52. The van der Waals surface area contributed by atoms with Gasteiger partial charge in [-0.1, -0.05) is 23.1 Å². The molecule has 2 aromatic heterocycles. The summed E-state index contributed by atoms with van der Waals surface area (Å²) in [5.41, 5.74) is 0. The van der Waals surface area contributed by atoms with E-state index >= 15 is 0 Å². The van der Waals surface area contributed by atoms with E-state index in [1.165, 1.54) is 30.2 Å². The number of hydrogen-bond acceptors (Lipinski definition) is 10. The molecule has 0 amide bonds. The van der Waals surface area contributed by atoms with E-state index in [4.69, 9.17) is 4.74 Å². The third-order valence-corrected chi connectivity index (χ3v) is 4.67. The lowest BCUT2D eigenvalue weighted by atomic mass is 10.7. The van der Waals surface area contributed by atoms with Crippen molar-refractivity contribution in [1.29, 1.82) is 0 Å². The summed E-state index contributed by atoms with van der Waals surface area (Å²) < 4.78 is 6.76. The van der Waals surface area contributed by atoms with Crippen molar-refractivity contribution in [2.75, 3.05) is 25.2 Å². The normalized spacial score (nSPS) is 10.5. The Labute approximate surface area is 123 Å². The van der Waals surface area contributed by atoms with Crippen LogP contribution in [0.5, 0.6) is 6.01 Å². The Hall–Kier alpha value is -1.13. The van der Waals surface area contributed by atoms with Crippen LogP contribution < -0.4 is 10.1 Å². The van der Waals surface area contributed by atoms with Crippen molar-refractivity contribution in [3.63, 3.8) is 0 Å². The van der Waals surface area contributed by atoms with Crippen LogP contribution in [-0.4, -0.2) is 45.1 Å². The van der Waals surface area contributed by atoms with Crippen LogP contribution >= 0.6 is 34.9 Å². The highest BCUT2D eigenvalue weighted by Gasteiger charge is 2.11. The zero-order valence-corrected chi connectivity index (χ0v) is 13.0. The fourth-order valence-corrected chi connectivity index (χ4v) is 3.40. The maximum atomic E-state index is 5.05. The number of thioether (sulfide) groups is 1. The second kappa shape index (κ2) is 6.87. The Morgan fingerprint density at radius 3 is 2.63 bits per heavy atom. The molecule has 7 nitrogen and oxygen atoms in total. The second-order valence-corrected chi connectivity index (χ2v) is 6.34. The molecule has 0 aliphatic heterocycles. The highest BCUT2D eigenvalue weighted by atomic mass is 32.2. The molecule has 2 rings (SSSR count). The molecule has 1 N–H and O–H groups in total. The lowest BCUT2D eigenvalue weighted by Gasteiger charge is -2.04. The lowest BCUT2D eigenvalue weighted by Crippen LogP contribution is -2.05. The lowest BCUT2D eigenvalue weighted by molar-refractivity contribution is 0.373.